The van der Waals surface area contributed by atoms with Crippen LogP contribution in [-0.2, 0) is 16.1 Å². The molecule has 2 aromatic rings. The predicted octanol–water partition coefficient (Wildman–Crippen LogP) is 3.09. The number of benzene rings is 2. The monoisotopic (exact) mass is 299 g/mol. The van der Waals surface area contributed by atoms with Gasteiger partial charge in [0.25, 0.3) is 0 Å². The summed E-state index contributed by atoms with van der Waals surface area (Å²) in [6.45, 7) is 2.75. The quantitative estimate of drug-likeness (QED) is 0.798. The van der Waals surface area contributed by atoms with E-state index in [0.717, 1.165) is 16.9 Å². The standard InChI is InChI=1S/C18H21NO3/c1-14(19-12-18(20)21-2)16-8-10-17(11-9-16)22-13-15-6-4-3-5-7-15/h3-11,14,19H,12-13H2,1-2H3. The Hall–Kier alpha value is -2.33. The first-order chi connectivity index (χ1) is 10.7. The van der Waals surface area contributed by atoms with E-state index in [0.29, 0.717) is 6.61 Å². The molecule has 0 aliphatic heterocycles. The van der Waals surface area contributed by atoms with Gasteiger partial charge in [-0.1, -0.05) is 42.5 Å². The van der Waals surface area contributed by atoms with Crippen molar-refractivity contribution in [1.29, 1.82) is 0 Å². The van der Waals surface area contributed by atoms with Gasteiger partial charge in [0.05, 0.1) is 13.7 Å². The Balaban J connectivity index is 1.85. The summed E-state index contributed by atoms with van der Waals surface area (Å²) in [6.07, 6.45) is 0. The average Bonchev–Trinajstić information content (AvgIpc) is 2.59. The van der Waals surface area contributed by atoms with E-state index in [1.165, 1.54) is 7.11 Å². The van der Waals surface area contributed by atoms with Crippen molar-refractivity contribution in [2.24, 2.45) is 0 Å². The summed E-state index contributed by atoms with van der Waals surface area (Å²) in [6, 6.07) is 18.0. The van der Waals surface area contributed by atoms with Crippen molar-refractivity contribution in [2.45, 2.75) is 19.6 Å². The molecule has 0 aliphatic rings. The van der Waals surface area contributed by atoms with E-state index in [1.54, 1.807) is 0 Å². The Labute approximate surface area is 131 Å². The minimum atomic E-state index is -0.269. The number of esters is 1. The van der Waals surface area contributed by atoms with Gasteiger partial charge in [0.1, 0.15) is 12.4 Å². The van der Waals surface area contributed by atoms with Crippen molar-refractivity contribution in [1.82, 2.24) is 5.32 Å². The van der Waals surface area contributed by atoms with E-state index >= 15 is 0 Å². The Morgan fingerprint density at radius 3 is 2.41 bits per heavy atom. The molecular weight excluding hydrogens is 278 g/mol. The number of nitrogens with one attached hydrogen (secondary N) is 1. The van der Waals surface area contributed by atoms with Gasteiger partial charge in [-0.25, -0.2) is 0 Å². The Morgan fingerprint density at radius 2 is 1.77 bits per heavy atom. The molecule has 1 unspecified atom stereocenters. The summed E-state index contributed by atoms with van der Waals surface area (Å²) in [7, 11) is 1.38. The topological polar surface area (TPSA) is 47.6 Å². The lowest BCUT2D eigenvalue weighted by atomic mass is 10.1. The van der Waals surface area contributed by atoms with Gasteiger partial charge < -0.3 is 14.8 Å². The van der Waals surface area contributed by atoms with Crippen LogP contribution in [0.2, 0.25) is 0 Å². The number of carbonyl (C=O) groups excluding carboxylic acids is 1. The van der Waals surface area contributed by atoms with E-state index < -0.39 is 0 Å². The van der Waals surface area contributed by atoms with E-state index in [1.807, 2.05) is 61.5 Å². The van der Waals surface area contributed by atoms with E-state index in [9.17, 15) is 4.79 Å². The summed E-state index contributed by atoms with van der Waals surface area (Å²) >= 11 is 0. The predicted molar refractivity (Wildman–Crippen MR) is 85.6 cm³/mol. The van der Waals surface area contributed by atoms with Crippen LogP contribution in [0.4, 0.5) is 0 Å². The molecule has 0 spiro atoms. The van der Waals surface area contributed by atoms with Gasteiger partial charge in [-0.15, -0.1) is 0 Å². The molecule has 4 nitrogen and oxygen atoms in total. The fourth-order valence-electron chi connectivity index (χ4n) is 2.02. The van der Waals surface area contributed by atoms with Crippen molar-refractivity contribution in [3.63, 3.8) is 0 Å². The van der Waals surface area contributed by atoms with Crippen LogP contribution >= 0.6 is 0 Å². The number of methoxy groups -OCH3 is 1. The van der Waals surface area contributed by atoms with Gasteiger partial charge in [0.2, 0.25) is 0 Å². The van der Waals surface area contributed by atoms with Crippen molar-refractivity contribution < 1.29 is 14.3 Å². The van der Waals surface area contributed by atoms with Crippen LogP contribution in [0.25, 0.3) is 0 Å². The van der Waals surface area contributed by atoms with Crippen molar-refractivity contribution in [2.75, 3.05) is 13.7 Å². The average molecular weight is 299 g/mol. The van der Waals surface area contributed by atoms with Gasteiger partial charge in [-0.05, 0) is 30.2 Å². The molecule has 0 saturated heterocycles. The fraction of sp³-hybridized carbons (Fsp3) is 0.278. The maximum atomic E-state index is 11.1. The first kappa shape index (κ1) is 16.0. The zero-order valence-corrected chi connectivity index (χ0v) is 12.9. The minimum Gasteiger partial charge on any atom is -0.489 e. The van der Waals surface area contributed by atoms with Crippen molar-refractivity contribution >= 4 is 5.97 Å². The molecule has 1 atom stereocenters. The molecule has 0 heterocycles. The zero-order chi connectivity index (χ0) is 15.8. The second-order valence-electron chi connectivity index (χ2n) is 5.02. The van der Waals surface area contributed by atoms with Gasteiger partial charge in [0, 0.05) is 6.04 Å². The van der Waals surface area contributed by atoms with Crippen LogP contribution in [0.15, 0.2) is 54.6 Å². The van der Waals surface area contributed by atoms with E-state index in [-0.39, 0.29) is 18.6 Å². The normalized spacial score (nSPS) is 11.7. The third kappa shape index (κ3) is 4.90. The number of rotatable bonds is 7. The maximum absolute atomic E-state index is 11.1. The fourth-order valence-corrected chi connectivity index (χ4v) is 2.02. The van der Waals surface area contributed by atoms with Crippen LogP contribution < -0.4 is 10.1 Å². The lowest BCUT2D eigenvalue weighted by molar-refractivity contribution is -0.139. The zero-order valence-electron chi connectivity index (χ0n) is 12.9. The largest absolute Gasteiger partial charge is 0.489 e. The highest BCUT2D eigenvalue weighted by Crippen LogP contribution is 2.18. The highest BCUT2D eigenvalue weighted by Gasteiger charge is 2.07. The molecule has 4 heteroatoms. The summed E-state index contributed by atoms with van der Waals surface area (Å²) in [4.78, 5) is 11.1. The minimum absolute atomic E-state index is 0.0715. The second-order valence-corrected chi connectivity index (χ2v) is 5.02. The Morgan fingerprint density at radius 1 is 1.09 bits per heavy atom. The molecule has 0 saturated carbocycles. The third-order valence-corrected chi connectivity index (χ3v) is 3.41. The molecule has 1 N–H and O–H groups in total. The molecule has 0 fully saturated rings. The summed E-state index contributed by atoms with van der Waals surface area (Å²) in [5, 5.41) is 3.11. The molecule has 0 aliphatic carbocycles. The lowest BCUT2D eigenvalue weighted by Gasteiger charge is -2.14. The molecule has 0 radical (unpaired) electrons. The molecular formula is C18H21NO3. The summed E-state index contributed by atoms with van der Waals surface area (Å²) in [5.41, 5.74) is 2.23. The first-order valence-electron chi connectivity index (χ1n) is 7.26. The van der Waals surface area contributed by atoms with Gasteiger partial charge in [-0.3, -0.25) is 4.79 Å². The van der Waals surface area contributed by atoms with Crippen LogP contribution in [0.5, 0.6) is 5.75 Å². The van der Waals surface area contributed by atoms with Gasteiger partial charge in [-0.2, -0.15) is 0 Å². The molecule has 116 valence electrons. The first-order valence-corrected chi connectivity index (χ1v) is 7.26. The maximum Gasteiger partial charge on any atom is 0.319 e. The number of ether oxygens (including phenoxy) is 2. The Bertz CT molecular complexity index is 581. The van der Waals surface area contributed by atoms with Crippen LogP contribution in [0.1, 0.15) is 24.1 Å². The third-order valence-electron chi connectivity index (χ3n) is 3.41. The number of hydrogen-bond donors (Lipinski definition) is 1. The van der Waals surface area contributed by atoms with Gasteiger partial charge >= 0.3 is 5.97 Å². The second kappa shape index (κ2) is 8.20. The van der Waals surface area contributed by atoms with Crippen LogP contribution in [-0.4, -0.2) is 19.6 Å². The SMILES string of the molecule is COC(=O)CNC(C)c1ccc(OCc2ccccc2)cc1. The van der Waals surface area contributed by atoms with E-state index in [4.69, 9.17) is 4.74 Å². The highest BCUT2D eigenvalue weighted by molar-refractivity contribution is 5.71. The Kier molecular flexibility index (Phi) is 5.98. The highest BCUT2D eigenvalue weighted by atomic mass is 16.5. The van der Waals surface area contributed by atoms with Crippen molar-refractivity contribution in [3.8, 4) is 5.75 Å². The molecule has 0 aromatic heterocycles. The summed E-state index contributed by atoms with van der Waals surface area (Å²) in [5.74, 6) is 0.558. The smallest absolute Gasteiger partial charge is 0.319 e. The molecule has 22 heavy (non-hydrogen) atoms. The molecule has 2 aromatic carbocycles. The van der Waals surface area contributed by atoms with Crippen LogP contribution in [0, 0.1) is 0 Å². The van der Waals surface area contributed by atoms with Gasteiger partial charge in [0.15, 0.2) is 0 Å². The van der Waals surface area contributed by atoms with Crippen molar-refractivity contribution in [3.05, 3.63) is 65.7 Å². The molecule has 0 bridgehead atoms. The molecule has 2 rings (SSSR count). The molecule has 0 amide bonds. The summed E-state index contributed by atoms with van der Waals surface area (Å²) < 4.78 is 10.4. The van der Waals surface area contributed by atoms with E-state index in [2.05, 4.69) is 10.1 Å². The lowest BCUT2D eigenvalue weighted by Crippen LogP contribution is -2.26. The van der Waals surface area contributed by atoms with Crippen LogP contribution in [0.3, 0.4) is 0 Å². The number of carbonyl (C=O) groups is 1. The number of hydrogen-bond acceptors (Lipinski definition) is 4.